The van der Waals surface area contributed by atoms with Crippen LogP contribution in [0.15, 0.2) is 64.3 Å². The predicted molar refractivity (Wildman–Crippen MR) is 147 cm³/mol. The maximum atomic E-state index is 6.20. The van der Waals surface area contributed by atoms with E-state index in [-0.39, 0.29) is 6.04 Å². The third-order valence-corrected chi connectivity index (χ3v) is 7.08. The first kappa shape index (κ1) is 23.2. The molecule has 0 fully saturated rings. The second kappa shape index (κ2) is 9.00. The molecule has 0 aliphatic carbocycles. The third-order valence-electron chi connectivity index (χ3n) is 7.08. The topological polar surface area (TPSA) is 78.3 Å². The fourth-order valence-electron chi connectivity index (χ4n) is 5.73. The fourth-order valence-corrected chi connectivity index (χ4v) is 5.73. The molecule has 6 rings (SSSR count). The molecule has 0 saturated carbocycles. The number of aryl methyl sites for hydroxylation is 2. The Balaban J connectivity index is 1.70. The molecule has 186 valence electrons. The van der Waals surface area contributed by atoms with Crippen LogP contribution in [0, 0.1) is 13.8 Å². The van der Waals surface area contributed by atoms with E-state index in [0.717, 1.165) is 79.5 Å². The predicted octanol–water partition coefficient (Wildman–Crippen LogP) is 6.40. The SMILES string of the molecule is C/C=C\C(Cc1nc2cnc3cc(-c4c(C)noc4C)c(OC)c4c3c2n1[C@H]4c1ccccc1)=NCC. The highest BCUT2D eigenvalue weighted by molar-refractivity contribution is 6.10. The standard InChI is InChI=1S/C30H29N5O2/c1-6-11-20(31-7-2)14-24-33-23-16-32-22-15-21(25-17(3)34-37-18(25)4)30(36-5)27-26(22)29(23)35(24)28(27)19-12-9-8-10-13-19/h6,8-13,15-16,28H,7,14H2,1-5H3/b11-6-,31-20?/t28-/m0/s1. The maximum Gasteiger partial charge on any atom is 0.141 e. The molecule has 1 aliphatic rings. The minimum absolute atomic E-state index is 0.119. The summed E-state index contributed by atoms with van der Waals surface area (Å²) in [6, 6.07) is 12.5. The minimum Gasteiger partial charge on any atom is -0.496 e. The molecule has 5 aromatic rings. The second-order valence-electron chi connectivity index (χ2n) is 9.31. The van der Waals surface area contributed by atoms with Crippen molar-refractivity contribution in [3.63, 3.8) is 0 Å². The molecule has 0 amide bonds. The number of nitrogens with zero attached hydrogens (tertiary/aromatic N) is 5. The van der Waals surface area contributed by atoms with Crippen LogP contribution in [0.25, 0.3) is 33.1 Å². The number of aliphatic imine (C=N–C) groups is 1. The summed E-state index contributed by atoms with van der Waals surface area (Å²) in [5.74, 6) is 2.53. The van der Waals surface area contributed by atoms with E-state index >= 15 is 0 Å². The van der Waals surface area contributed by atoms with Gasteiger partial charge in [-0.3, -0.25) is 9.98 Å². The zero-order valence-electron chi connectivity index (χ0n) is 21.7. The van der Waals surface area contributed by atoms with E-state index in [0.29, 0.717) is 6.42 Å². The van der Waals surface area contributed by atoms with Crippen molar-refractivity contribution in [2.45, 2.75) is 40.2 Å². The molecule has 0 unspecified atom stereocenters. The Morgan fingerprint density at radius 1 is 1.19 bits per heavy atom. The van der Waals surface area contributed by atoms with Gasteiger partial charge in [0, 0.05) is 35.2 Å². The van der Waals surface area contributed by atoms with E-state index in [1.165, 1.54) is 0 Å². The number of pyridine rings is 1. The van der Waals surface area contributed by atoms with Crippen molar-refractivity contribution in [2.24, 2.45) is 4.99 Å². The lowest BCUT2D eigenvalue weighted by atomic mass is 9.91. The lowest BCUT2D eigenvalue weighted by Gasteiger charge is -2.22. The van der Waals surface area contributed by atoms with Crippen molar-refractivity contribution < 1.29 is 9.26 Å². The molecule has 4 heterocycles. The van der Waals surface area contributed by atoms with E-state index in [9.17, 15) is 0 Å². The van der Waals surface area contributed by atoms with Gasteiger partial charge in [-0.15, -0.1) is 0 Å². The van der Waals surface area contributed by atoms with Crippen LogP contribution in [0.2, 0.25) is 0 Å². The number of hydrogen-bond donors (Lipinski definition) is 0. The van der Waals surface area contributed by atoms with Gasteiger partial charge < -0.3 is 13.8 Å². The Morgan fingerprint density at radius 3 is 2.68 bits per heavy atom. The number of hydrogen-bond acceptors (Lipinski definition) is 6. The first-order chi connectivity index (χ1) is 18.1. The van der Waals surface area contributed by atoms with Crippen LogP contribution in [0.4, 0.5) is 0 Å². The zero-order chi connectivity index (χ0) is 25.7. The van der Waals surface area contributed by atoms with Gasteiger partial charge in [0.05, 0.1) is 41.6 Å². The molecule has 0 N–H and O–H groups in total. The van der Waals surface area contributed by atoms with Crippen LogP contribution in [0.3, 0.4) is 0 Å². The van der Waals surface area contributed by atoms with Crippen LogP contribution < -0.4 is 4.74 Å². The molecule has 0 bridgehead atoms. The Morgan fingerprint density at radius 2 is 2.00 bits per heavy atom. The minimum atomic E-state index is -0.119. The molecule has 7 nitrogen and oxygen atoms in total. The average Bonchev–Trinajstić information content (AvgIpc) is 3.55. The van der Waals surface area contributed by atoms with E-state index in [1.54, 1.807) is 7.11 Å². The Bertz CT molecular complexity index is 1690. The van der Waals surface area contributed by atoms with Crippen molar-refractivity contribution >= 4 is 27.6 Å². The first-order valence-corrected chi connectivity index (χ1v) is 12.6. The van der Waals surface area contributed by atoms with Crippen molar-refractivity contribution in [1.82, 2.24) is 19.7 Å². The normalized spacial score (nSPS) is 15.2. The molecule has 37 heavy (non-hydrogen) atoms. The van der Waals surface area contributed by atoms with Gasteiger partial charge in [0.1, 0.15) is 22.9 Å². The summed E-state index contributed by atoms with van der Waals surface area (Å²) in [6.07, 6.45) is 6.61. The molecule has 1 aliphatic heterocycles. The smallest absolute Gasteiger partial charge is 0.141 e. The molecular formula is C30H29N5O2. The summed E-state index contributed by atoms with van der Waals surface area (Å²) in [4.78, 5) is 14.7. The number of aromatic nitrogens is 4. The molecule has 7 heteroatoms. The molecule has 0 spiro atoms. The monoisotopic (exact) mass is 491 g/mol. The maximum absolute atomic E-state index is 6.20. The molecular weight excluding hydrogens is 462 g/mol. The number of methoxy groups -OCH3 is 1. The van der Waals surface area contributed by atoms with Gasteiger partial charge >= 0.3 is 0 Å². The van der Waals surface area contributed by atoms with Crippen LogP contribution in [0.5, 0.6) is 5.75 Å². The summed E-state index contributed by atoms with van der Waals surface area (Å²) in [7, 11) is 1.74. The summed E-state index contributed by atoms with van der Waals surface area (Å²) in [6.45, 7) is 8.69. The number of benzene rings is 2. The Hall–Kier alpha value is -4.26. The van der Waals surface area contributed by atoms with Crippen molar-refractivity contribution in [2.75, 3.05) is 13.7 Å². The zero-order valence-corrected chi connectivity index (χ0v) is 21.7. The largest absolute Gasteiger partial charge is 0.496 e. The van der Waals surface area contributed by atoms with Crippen LogP contribution in [-0.2, 0) is 6.42 Å². The highest BCUT2D eigenvalue weighted by atomic mass is 16.5. The highest BCUT2D eigenvalue weighted by Gasteiger charge is 2.37. The van der Waals surface area contributed by atoms with Gasteiger partial charge in [-0.25, -0.2) is 4.98 Å². The average molecular weight is 492 g/mol. The molecule has 0 radical (unpaired) electrons. The van der Waals surface area contributed by atoms with E-state index in [1.807, 2.05) is 39.1 Å². The quantitative estimate of drug-likeness (QED) is 0.242. The van der Waals surface area contributed by atoms with Crippen LogP contribution in [-0.4, -0.2) is 39.1 Å². The third kappa shape index (κ3) is 3.49. The lowest BCUT2D eigenvalue weighted by Crippen LogP contribution is -2.15. The summed E-state index contributed by atoms with van der Waals surface area (Å²) in [5, 5.41) is 5.29. The van der Waals surface area contributed by atoms with Crippen LogP contribution >= 0.6 is 0 Å². The van der Waals surface area contributed by atoms with Gasteiger partial charge in [-0.05, 0) is 45.4 Å². The molecule has 1 atom stereocenters. The number of rotatable bonds is 7. The molecule has 3 aromatic heterocycles. The Kier molecular flexibility index (Phi) is 5.63. The number of imidazole rings is 1. The second-order valence-corrected chi connectivity index (χ2v) is 9.31. The summed E-state index contributed by atoms with van der Waals surface area (Å²) >= 11 is 0. The van der Waals surface area contributed by atoms with Gasteiger partial charge in [-0.1, -0.05) is 41.6 Å². The molecule has 2 aromatic carbocycles. The van der Waals surface area contributed by atoms with Gasteiger partial charge in [0.15, 0.2) is 0 Å². The first-order valence-electron chi connectivity index (χ1n) is 12.6. The van der Waals surface area contributed by atoms with E-state index in [4.69, 9.17) is 24.2 Å². The van der Waals surface area contributed by atoms with E-state index < -0.39 is 0 Å². The highest BCUT2D eigenvalue weighted by Crippen LogP contribution is 2.52. The Labute approximate surface area is 215 Å². The fraction of sp³-hybridized carbons (Fsp3) is 0.267. The van der Waals surface area contributed by atoms with Crippen LogP contribution in [0.1, 0.15) is 48.3 Å². The summed E-state index contributed by atoms with van der Waals surface area (Å²) in [5.41, 5.74) is 8.85. The number of ether oxygens (including phenoxy) is 1. The van der Waals surface area contributed by atoms with Crippen molar-refractivity contribution in [3.05, 3.63) is 83.2 Å². The van der Waals surface area contributed by atoms with Gasteiger partial charge in [0.2, 0.25) is 0 Å². The lowest BCUT2D eigenvalue weighted by molar-refractivity contribution is 0.393. The van der Waals surface area contributed by atoms with Crippen molar-refractivity contribution in [3.8, 4) is 16.9 Å². The van der Waals surface area contributed by atoms with Gasteiger partial charge in [0.25, 0.3) is 0 Å². The van der Waals surface area contributed by atoms with E-state index in [2.05, 4.69) is 53.1 Å². The summed E-state index contributed by atoms with van der Waals surface area (Å²) < 4.78 is 14.1. The van der Waals surface area contributed by atoms with Crippen molar-refractivity contribution in [1.29, 1.82) is 0 Å². The van der Waals surface area contributed by atoms with Gasteiger partial charge in [-0.2, -0.15) is 0 Å². The molecule has 0 saturated heterocycles. The number of allylic oxidation sites excluding steroid dienone is 2.